The summed E-state index contributed by atoms with van der Waals surface area (Å²) in [4.78, 5) is 8.87. The molecule has 1 aromatic heterocycles. The Kier molecular flexibility index (Phi) is 4.91. The first kappa shape index (κ1) is 15.8. The van der Waals surface area contributed by atoms with Crippen molar-refractivity contribution in [3.8, 4) is 5.75 Å². The van der Waals surface area contributed by atoms with Gasteiger partial charge in [-0.25, -0.2) is 9.97 Å². The van der Waals surface area contributed by atoms with Crippen LogP contribution in [0.2, 0.25) is 0 Å². The van der Waals surface area contributed by atoms with Crippen LogP contribution in [0, 0.1) is 6.92 Å². The van der Waals surface area contributed by atoms with Gasteiger partial charge in [-0.05, 0) is 24.6 Å². The third-order valence-electron chi connectivity index (χ3n) is 3.50. The van der Waals surface area contributed by atoms with Gasteiger partial charge in [0, 0.05) is 24.4 Å². The quantitative estimate of drug-likeness (QED) is 0.714. The van der Waals surface area contributed by atoms with E-state index in [1.54, 1.807) is 7.11 Å². The molecule has 0 aliphatic rings. The van der Waals surface area contributed by atoms with Crippen molar-refractivity contribution in [1.29, 1.82) is 0 Å². The fourth-order valence-corrected chi connectivity index (χ4v) is 2.36. The number of rotatable bonds is 6. The van der Waals surface area contributed by atoms with Gasteiger partial charge in [0.05, 0.1) is 7.11 Å². The molecule has 5 heteroatoms. The molecule has 0 fully saturated rings. The molecule has 2 aromatic carbocycles. The normalized spacial score (nSPS) is 10.2. The van der Waals surface area contributed by atoms with E-state index in [-0.39, 0.29) is 0 Å². The van der Waals surface area contributed by atoms with Crippen LogP contribution in [0.25, 0.3) is 0 Å². The second-order valence-electron chi connectivity index (χ2n) is 5.38. The molecule has 0 radical (unpaired) electrons. The molecule has 0 aliphatic heterocycles. The van der Waals surface area contributed by atoms with Gasteiger partial charge in [0.2, 0.25) is 0 Å². The van der Waals surface area contributed by atoms with E-state index in [4.69, 9.17) is 4.74 Å². The number of nitrogens with one attached hydrogen (secondary N) is 2. The van der Waals surface area contributed by atoms with E-state index >= 15 is 0 Å². The summed E-state index contributed by atoms with van der Waals surface area (Å²) in [6, 6.07) is 19.9. The van der Waals surface area contributed by atoms with E-state index in [9.17, 15) is 0 Å². The molecule has 0 atom stereocenters. The summed E-state index contributed by atoms with van der Waals surface area (Å²) < 4.78 is 5.24. The molecule has 24 heavy (non-hydrogen) atoms. The number of benzene rings is 2. The molecule has 0 bridgehead atoms. The van der Waals surface area contributed by atoms with Crippen LogP contribution in [-0.4, -0.2) is 17.1 Å². The number of hydrogen-bond donors (Lipinski definition) is 2. The smallest absolute Gasteiger partial charge is 0.136 e. The molecule has 0 saturated heterocycles. The van der Waals surface area contributed by atoms with Gasteiger partial charge >= 0.3 is 0 Å². The minimum atomic E-state index is 0.707. The Morgan fingerprint density at radius 3 is 2.50 bits per heavy atom. The Hall–Kier alpha value is -3.08. The zero-order valence-electron chi connectivity index (χ0n) is 13.8. The van der Waals surface area contributed by atoms with E-state index in [1.165, 1.54) is 5.56 Å². The molecular weight excluding hydrogens is 300 g/mol. The summed E-state index contributed by atoms with van der Waals surface area (Å²) in [6.45, 7) is 2.60. The second kappa shape index (κ2) is 7.46. The SMILES string of the molecule is COc1cccc(Nc2cc(NCc3ccccc3)nc(C)n2)c1. The highest BCUT2D eigenvalue weighted by Gasteiger charge is 2.03. The minimum Gasteiger partial charge on any atom is -0.497 e. The van der Waals surface area contributed by atoms with E-state index in [1.807, 2.05) is 55.5 Å². The lowest BCUT2D eigenvalue weighted by atomic mass is 10.2. The minimum absolute atomic E-state index is 0.707. The lowest BCUT2D eigenvalue weighted by molar-refractivity contribution is 0.415. The van der Waals surface area contributed by atoms with Crippen LogP contribution < -0.4 is 15.4 Å². The van der Waals surface area contributed by atoms with Gasteiger partial charge in [-0.3, -0.25) is 0 Å². The molecule has 0 amide bonds. The maximum Gasteiger partial charge on any atom is 0.136 e. The summed E-state index contributed by atoms with van der Waals surface area (Å²) in [7, 11) is 1.65. The predicted octanol–water partition coefficient (Wildman–Crippen LogP) is 4.15. The molecule has 0 aliphatic carbocycles. The Morgan fingerprint density at radius 1 is 0.917 bits per heavy atom. The van der Waals surface area contributed by atoms with Crippen molar-refractivity contribution < 1.29 is 4.74 Å². The highest BCUT2D eigenvalue weighted by atomic mass is 16.5. The Labute approximate surface area is 141 Å². The van der Waals surface area contributed by atoms with Crippen molar-refractivity contribution >= 4 is 17.3 Å². The lowest BCUT2D eigenvalue weighted by Crippen LogP contribution is -2.05. The topological polar surface area (TPSA) is 59.1 Å². The van der Waals surface area contributed by atoms with Gasteiger partial charge < -0.3 is 15.4 Å². The van der Waals surface area contributed by atoms with Crippen molar-refractivity contribution in [3.05, 3.63) is 72.1 Å². The predicted molar refractivity (Wildman–Crippen MR) is 96.8 cm³/mol. The fraction of sp³-hybridized carbons (Fsp3) is 0.158. The molecule has 5 nitrogen and oxygen atoms in total. The van der Waals surface area contributed by atoms with E-state index in [0.717, 1.165) is 29.6 Å². The van der Waals surface area contributed by atoms with Crippen LogP contribution in [0.4, 0.5) is 17.3 Å². The fourth-order valence-electron chi connectivity index (χ4n) is 2.36. The first-order valence-electron chi connectivity index (χ1n) is 7.77. The Balaban J connectivity index is 1.73. The number of methoxy groups -OCH3 is 1. The third kappa shape index (κ3) is 4.23. The Bertz CT molecular complexity index is 805. The van der Waals surface area contributed by atoms with Gasteiger partial charge in [0.25, 0.3) is 0 Å². The van der Waals surface area contributed by atoms with Crippen molar-refractivity contribution in [1.82, 2.24) is 9.97 Å². The van der Waals surface area contributed by atoms with Crippen molar-refractivity contribution in [3.63, 3.8) is 0 Å². The zero-order chi connectivity index (χ0) is 16.8. The number of aryl methyl sites for hydroxylation is 1. The lowest BCUT2D eigenvalue weighted by Gasteiger charge is -2.11. The van der Waals surface area contributed by atoms with Crippen LogP contribution in [0.1, 0.15) is 11.4 Å². The molecule has 0 spiro atoms. The molecule has 0 unspecified atom stereocenters. The van der Waals surface area contributed by atoms with Gasteiger partial charge in [0.1, 0.15) is 23.2 Å². The number of anilines is 3. The van der Waals surface area contributed by atoms with E-state index in [0.29, 0.717) is 5.82 Å². The molecule has 3 aromatic rings. The van der Waals surface area contributed by atoms with Crippen molar-refractivity contribution in [2.75, 3.05) is 17.7 Å². The van der Waals surface area contributed by atoms with Gasteiger partial charge in [-0.2, -0.15) is 0 Å². The molecule has 0 saturated carbocycles. The average molecular weight is 320 g/mol. The summed E-state index contributed by atoms with van der Waals surface area (Å²) in [5, 5.41) is 6.62. The monoisotopic (exact) mass is 320 g/mol. The molecule has 122 valence electrons. The van der Waals surface area contributed by atoms with Gasteiger partial charge in [-0.1, -0.05) is 36.4 Å². The largest absolute Gasteiger partial charge is 0.497 e. The van der Waals surface area contributed by atoms with Crippen LogP contribution >= 0.6 is 0 Å². The molecule has 3 rings (SSSR count). The standard InChI is InChI=1S/C19H20N4O/c1-14-21-18(20-13-15-7-4-3-5-8-15)12-19(22-14)23-16-9-6-10-17(11-16)24-2/h3-12H,13H2,1-2H3,(H2,20,21,22,23). The van der Waals surface area contributed by atoms with Crippen LogP contribution in [-0.2, 0) is 6.54 Å². The summed E-state index contributed by atoms with van der Waals surface area (Å²) in [5.41, 5.74) is 2.12. The van der Waals surface area contributed by atoms with Crippen LogP contribution in [0.15, 0.2) is 60.7 Å². The van der Waals surface area contributed by atoms with Crippen molar-refractivity contribution in [2.24, 2.45) is 0 Å². The summed E-state index contributed by atoms with van der Waals surface area (Å²) in [6.07, 6.45) is 0. The first-order valence-corrected chi connectivity index (χ1v) is 7.77. The number of aromatic nitrogens is 2. The third-order valence-corrected chi connectivity index (χ3v) is 3.50. The van der Waals surface area contributed by atoms with Crippen LogP contribution in [0.5, 0.6) is 5.75 Å². The zero-order valence-corrected chi connectivity index (χ0v) is 13.8. The summed E-state index contributed by atoms with van der Waals surface area (Å²) in [5.74, 6) is 3.04. The first-order chi connectivity index (χ1) is 11.7. The number of nitrogens with zero attached hydrogens (tertiary/aromatic N) is 2. The number of hydrogen-bond acceptors (Lipinski definition) is 5. The number of ether oxygens (including phenoxy) is 1. The summed E-state index contributed by atoms with van der Waals surface area (Å²) >= 11 is 0. The van der Waals surface area contributed by atoms with E-state index in [2.05, 4.69) is 32.7 Å². The maximum atomic E-state index is 5.24. The van der Waals surface area contributed by atoms with Gasteiger partial charge in [-0.15, -0.1) is 0 Å². The second-order valence-corrected chi connectivity index (χ2v) is 5.38. The van der Waals surface area contributed by atoms with Gasteiger partial charge in [0.15, 0.2) is 0 Å². The van der Waals surface area contributed by atoms with Crippen molar-refractivity contribution in [2.45, 2.75) is 13.5 Å². The average Bonchev–Trinajstić information content (AvgIpc) is 2.60. The molecular formula is C19H20N4O. The van der Waals surface area contributed by atoms with Crippen LogP contribution in [0.3, 0.4) is 0 Å². The molecule has 2 N–H and O–H groups in total. The Morgan fingerprint density at radius 2 is 1.71 bits per heavy atom. The molecule has 1 heterocycles. The van der Waals surface area contributed by atoms with E-state index < -0.39 is 0 Å². The maximum absolute atomic E-state index is 5.24. The highest BCUT2D eigenvalue weighted by Crippen LogP contribution is 2.21. The highest BCUT2D eigenvalue weighted by molar-refractivity contribution is 5.60.